The number of aryl methyl sites for hydroxylation is 1. The summed E-state index contributed by atoms with van der Waals surface area (Å²) in [5, 5.41) is 7.00. The summed E-state index contributed by atoms with van der Waals surface area (Å²) in [6.45, 7) is 1.58. The SMILES string of the molecule is COC(=O)C1=CNC(CCc2ccccc2COCCNC(c2ccccc2)(c2ccccc2)c2ccccc2)=C(C(=O)OC)C1. The highest BCUT2D eigenvalue weighted by atomic mass is 16.5. The molecule has 5 rings (SSSR count). The topological polar surface area (TPSA) is 85.9 Å². The zero-order valence-corrected chi connectivity index (χ0v) is 26.3. The first-order valence-corrected chi connectivity index (χ1v) is 15.5. The Hall–Kier alpha value is -4.98. The lowest BCUT2D eigenvalue weighted by Crippen LogP contribution is -2.46. The van der Waals surface area contributed by atoms with Gasteiger partial charge in [-0.25, -0.2) is 9.59 Å². The van der Waals surface area contributed by atoms with Crippen LogP contribution in [0.3, 0.4) is 0 Å². The molecular formula is C39H40N2O5. The van der Waals surface area contributed by atoms with Gasteiger partial charge in [-0.3, -0.25) is 5.32 Å². The van der Waals surface area contributed by atoms with Crippen LogP contribution in [0.25, 0.3) is 0 Å². The van der Waals surface area contributed by atoms with E-state index in [1.54, 1.807) is 6.20 Å². The van der Waals surface area contributed by atoms with Gasteiger partial charge in [0, 0.05) is 24.9 Å². The van der Waals surface area contributed by atoms with E-state index in [0.29, 0.717) is 43.7 Å². The fourth-order valence-corrected chi connectivity index (χ4v) is 5.98. The predicted molar refractivity (Wildman–Crippen MR) is 179 cm³/mol. The molecule has 0 amide bonds. The van der Waals surface area contributed by atoms with Crippen molar-refractivity contribution in [1.29, 1.82) is 0 Å². The molecule has 0 aromatic heterocycles. The van der Waals surface area contributed by atoms with Crippen molar-refractivity contribution in [2.24, 2.45) is 0 Å². The van der Waals surface area contributed by atoms with Gasteiger partial charge < -0.3 is 19.5 Å². The zero-order valence-electron chi connectivity index (χ0n) is 26.3. The molecule has 7 nitrogen and oxygen atoms in total. The monoisotopic (exact) mass is 616 g/mol. The second kappa shape index (κ2) is 15.8. The van der Waals surface area contributed by atoms with Crippen LogP contribution in [0.4, 0.5) is 0 Å². The molecule has 0 radical (unpaired) electrons. The van der Waals surface area contributed by atoms with Crippen molar-refractivity contribution in [1.82, 2.24) is 10.6 Å². The Balaban J connectivity index is 1.26. The number of carbonyl (C=O) groups is 2. The summed E-state index contributed by atoms with van der Waals surface area (Å²) in [6.07, 6.45) is 3.02. The molecule has 2 N–H and O–H groups in total. The molecule has 0 bridgehead atoms. The molecule has 0 unspecified atom stereocenters. The minimum absolute atomic E-state index is 0.163. The highest BCUT2D eigenvalue weighted by Crippen LogP contribution is 2.36. The van der Waals surface area contributed by atoms with Crippen LogP contribution in [-0.4, -0.2) is 39.3 Å². The van der Waals surface area contributed by atoms with Crippen molar-refractivity contribution >= 4 is 11.9 Å². The van der Waals surface area contributed by atoms with Crippen LogP contribution in [-0.2, 0) is 42.4 Å². The molecule has 0 saturated carbocycles. The van der Waals surface area contributed by atoms with Crippen molar-refractivity contribution in [3.05, 3.63) is 166 Å². The van der Waals surface area contributed by atoms with E-state index in [1.807, 2.05) is 30.3 Å². The summed E-state index contributed by atoms with van der Waals surface area (Å²) >= 11 is 0. The number of rotatable bonds is 14. The molecule has 4 aromatic rings. The fraction of sp³-hybridized carbons (Fsp3) is 0.231. The van der Waals surface area contributed by atoms with Crippen LogP contribution >= 0.6 is 0 Å². The number of dihydropyridines is 1. The number of hydrogen-bond donors (Lipinski definition) is 2. The van der Waals surface area contributed by atoms with E-state index in [0.717, 1.165) is 33.5 Å². The maximum atomic E-state index is 12.5. The third-order valence-electron chi connectivity index (χ3n) is 8.31. The molecule has 4 aromatic carbocycles. The summed E-state index contributed by atoms with van der Waals surface area (Å²) in [7, 11) is 2.66. The maximum absolute atomic E-state index is 12.5. The van der Waals surface area contributed by atoms with Crippen LogP contribution in [0.2, 0.25) is 0 Å². The van der Waals surface area contributed by atoms with Crippen molar-refractivity contribution in [2.75, 3.05) is 27.4 Å². The minimum atomic E-state index is -0.550. The summed E-state index contributed by atoms with van der Waals surface area (Å²) < 4.78 is 16.1. The lowest BCUT2D eigenvalue weighted by molar-refractivity contribution is -0.136. The van der Waals surface area contributed by atoms with Crippen LogP contribution in [0.1, 0.15) is 40.7 Å². The van der Waals surface area contributed by atoms with E-state index in [-0.39, 0.29) is 6.42 Å². The Kier molecular flexibility index (Phi) is 11.2. The molecule has 1 heterocycles. The van der Waals surface area contributed by atoms with Crippen molar-refractivity contribution in [3.8, 4) is 0 Å². The molecule has 1 aliphatic heterocycles. The summed E-state index contributed by atoms with van der Waals surface area (Å²) in [5.74, 6) is -0.933. The highest BCUT2D eigenvalue weighted by Gasteiger charge is 2.35. The number of hydrogen-bond acceptors (Lipinski definition) is 7. The van der Waals surface area contributed by atoms with E-state index in [4.69, 9.17) is 14.2 Å². The number of ether oxygens (including phenoxy) is 3. The van der Waals surface area contributed by atoms with Crippen molar-refractivity contribution in [3.63, 3.8) is 0 Å². The van der Waals surface area contributed by atoms with E-state index in [1.165, 1.54) is 14.2 Å². The predicted octanol–water partition coefficient (Wildman–Crippen LogP) is 6.19. The first-order valence-electron chi connectivity index (χ1n) is 15.5. The number of nitrogens with one attached hydrogen (secondary N) is 2. The Bertz CT molecular complexity index is 1570. The van der Waals surface area contributed by atoms with Crippen LogP contribution in [0, 0.1) is 0 Å². The quantitative estimate of drug-likeness (QED) is 0.0992. The standard InChI is InChI=1S/C39H40N2O5/c1-44-37(42)31-26-35(38(43)45-2)36(40-27-31)23-22-29-14-12-13-15-30(29)28-46-25-24-41-39(32-16-6-3-7-17-32,33-18-8-4-9-19-33)34-20-10-5-11-21-34/h3-21,27,40-41H,22-26,28H2,1-2H3. The third kappa shape index (κ3) is 7.45. The van der Waals surface area contributed by atoms with E-state index >= 15 is 0 Å². The second-order valence-electron chi connectivity index (χ2n) is 11.0. The van der Waals surface area contributed by atoms with Gasteiger partial charge in [0.1, 0.15) is 0 Å². The van der Waals surface area contributed by atoms with Gasteiger partial charge in [0.15, 0.2) is 0 Å². The Labute approximate surface area is 270 Å². The number of esters is 2. The van der Waals surface area contributed by atoms with E-state index in [2.05, 4.69) is 95.6 Å². The number of carbonyl (C=O) groups excluding carboxylic acids is 2. The molecular weight excluding hydrogens is 576 g/mol. The Morgan fingerprint density at radius 2 is 1.22 bits per heavy atom. The fourth-order valence-electron chi connectivity index (χ4n) is 5.98. The maximum Gasteiger partial charge on any atom is 0.335 e. The Morgan fingerprint density at radius 3 is 1.76 bits per heavy atom. The average Bonchev–Trinajstić information content (AvgIpc) is 3.13. The zero-order chi connectivity index (χ0) is 32.2. The molecule has 7 heteroatoms. The summed E-state index contributed by atoms with van der Waals surface area (Å²) in [6, 6.07) is 39.7. The lowest BCUT2D eigenvalue weighted by atomic mass is 9.77. The number of allylic oxidation sites excluding steroid dienone is 1. The van der Waals surface area contributed by atoms with Gasteiger partial charge in [0.05, 0.1) is 44.1 Å². The molecule has 1 aliphatic rings. The van der Waals surface area contributed by atoms with Crippen LogP contribution < -0.4 is 10.6 Å². The highest BCUT2D eigenvalue weighted by molar-refractivity contribution is 5.96. The number of methoxy groups -OCH3 is 2. The smallest absolute Gasteiger partial charge is 0.335 e. The van der Waals surface area contributed by atoms with Gasteiger partial charge in [-0.05, 0) is 40.7 Å². The van der Waals surface area contributed by atoms with E-state index in [9.17, 15) is 9.59 Å². The minimum Gasteiger partial charge on any atom is -0.466 e. The third-order valence-corrected chi connectivity index (χ3v) is 8.31. The number of benzene rings is 4. The molecule has 46 heavy (non-hydrogen) atoms. The average molecular weight is 617 g/mol. The van der Waals surface area contributed by atoms with Gasteiger partial charge in [0.2, 0.25) is 0 Å². The van der Waals surface area contributed by atoms with Gasteiger partial charge in [-0.2, -0.15) is 0 Å². The molecule has 0 spiro atoms. The van der Waals surface area contributed by atoms with Crippen molar-refractivity contribution < 1.29 is 23.8 Å². The lowest BCUT2D eigenvalue weighted by Gasteiger charge is -2.37. The molecule has 0 saturated heterocycles. The Morgan fingerprint density at radius 1 is 0.696 bits per heavy atom. The van der Waals surface area contributed by atoms with Gasteiger partial charge in [-0.1, -0.05) is 115 Å². The molecule has 0 aliphatic carbocycles. The van der Waals surface area contributed by atoms with Crippen LogP contribution in [0.5, 0.6) is 0 Å². The first kappa shape index (κ1) is 32.4. The van der Waals surface area contributed by atoms with Gasteiger partial charge >= 0.3 is 11.9 Å². The normalized spacial score (nSPS) is 13.0. The first-order chi connectivity index (χ1) is 22.6. The summed E-state index contributed by atoms with van der Waals surface area (Å²) in [5.41, 5.74) is 6.68. The van der Waals surface area contributed by atoms with Gasteiger partial charge in [0.25, 0.3) is 0 Å². The molecule has 236 valence electrons. The second-order valence-corrected chi connectivity index (χ2v) is 11.0. The summed E-state index contributed by atoms with van der Waals surface area (Å²) in [4.78, 5) is 24.6. The largest absolute Gasteiger partial charge is 0.466 e. The molecule has 0 atom stereocenters. The van der Waals surface area contributed by atoms with Gasteiger partial charge in [-0.15, -0.1) is 0 Å². The van der Waals surface area contributed by atoms with E-state index < -0.39 is 17.5 Å². The molecule has 0 fully saturated rings. The van der Waals surface area contributed by atoms with Crippen molar-refractivity contribution in [2.45, 2.75) is 31.4 Å². The van der Waals surface area contributed by atoms with Crippen LogP contribution in [0.15, 0.2) is 138 Å².